The van der Waals surface area contributed by atoms with E-state index in [0.717, 1.165) is 103 Å². The second kappa shape index (κ2) is 44.7. The first kappa shape index (κ1) is 54.6. The van der Waals surface area contributed by atoms with Crippen LogP contribution in [0.15, 0.2) is 60.8 Å². The van der Waals surface area contributed by atoms with Crippen LogP contribution < -0.4 is 5.32 Å². The Morgan fingerprint density at radius 1 is 0.509 bits per heavy atom. The second-order valence-electron chi connectivity index (χ2n) is 16.2. The number of esters is 1. The molecule has 3 atom stereocenters. The van der Waals surface area contributed by atoms with Gasteiger partial charge in [-0.3, -0.25) is 9.59 Å². The topological polar surface area (TPSA) is 95.9 Å². The van der Waals surface area contributed by atoms with Crippen LogP contribution in [0.5, 0.6) is 0 Å². The summed E-state index contributed by atoms with van der Waals surface area (Å²) in [7, 11) is 0. The summed E-state index contributed by atoms with van der Waals surface area (Å²) >= 11 is 0. The Hall–Kier alpha value is -2.44. The van der Waals surface area contributed by atoms with Crippen LogP contribution in [-0.2, 0) is 14.3 Å². The number of carbonyl (C=O) groups is 2. The average molecular weight is 798 g/mol. The van der Waals surface area contributed by atoms with Crippen molar-refractivity contribution in [2.24, 2.45) is 0 Å². The van der Waals surface area contributed by atoms with E-state index in [1.54, 1.807) is 0 Å². The molecular formula is C51H91NO5. The Labute approximate surface area is 352 Å². The zero-order valence-corrected chi connectivity index (χ0v) is 37.5. The fraction of sp³-hybridized carbons (Fsp3) is 0.765. The summed E-state index contributed by atoms with van der Waals surface area (Å²) in [6.07, 6.45) is 54.3. The maximum absolute atomic E-state index is 13.1. The molecule has 6 nitrogen and oxygen atoms in total. The van der Waals surface area contributed by atoms with Gasteiger partial charge >= 0.3 is 5.97 Å². The summed E-state index contributed by atoms with van der Waals surface area (Å²) < 4.78 is 5.87. The number of rotatable bonds is 42. The molecule has 0 aromatic carbocycles. The highest BCUT2D eigenvalue weighted by Gasteiger charge is 2.24. The maximum atomic E-state index is 13.1. The fourth-order valence-corrected chi connectivity index (χ4v) is 6.88. The van der Waals surface area contributed by atoms with Gasteiger partial charge in [0.25, 0.3) is 0 Å². The number of unbranched alkanes of at least 4 members (excludes halogenated alkanes) is 20. The molecule has 57 heavy (non-hydrogen) atoms. The molecule has 0 aromatic heterocycles. The number of hydrogen-bond donors (Lipinski definition) is 3. The number of aliphatic hydroxyl groups is 2. The van der Waals surface area contributed by atoms with Crippen LogP contribution in [0, 0.1) is 0 Å². The van der Waals surface area contributed by atoms with E-state index in [0.29, 0.717) is 19.3 Å². The zero-order chi connectivity index (χ0) is 41.7. The average Bonchev–Trinajstić information content (AvgIpc) is 3.20. The van der Waals surface area contributed by atoms with Gasteiger partial charge in [0.05, 0.1) is 25.2 Å². The van der Waals surface area contributed by atoms with Gasteiger partial charge in [-0.25, -0.2) is 0 Å². The van der Waals surface area contributed by atoms with E-state index >= 15 is 0 Å². The number of ether oxygens (including phenoxy) is 1. The van der Waals surface area contributed by atoms with E-state index in [-0.39, 0.29) is 24.9 Å². The molecule has 0 radical (unpaired) electrons. The summed E-state index contributed by atoms with van der Waals surface area (Å²) in [6, 6.07) is -0.712. The van der Waals surface area contributed by atoms with Crippen molar-refractivity contribution in [3.63, 3.8) is 0 Å². The third kappa shape index (κ3) is 40.1. The van der Waals surface area contributed by atoms with Gasteiger partial charge in [0.2, 0.25) is 5.91 Å². The highest BCUT2D eigenvalue weighted by atomic mass is 16.5. The lowest BCUT2D eigenvalue weighted by molar-refractivity contribution is -0.151. The van der Waals surface area contributed by atoms with Crippen LogP contribution in [0.4, 0.5) is 0 Å². The molecule has 0 aromatic rings. The van der Waals surface area contributed by atoms with E-state index in [1.807, 2.05) is 0 Å². The fourth-order valence-electron chi connectivity index (χ4n) is 6.88. The molecule has 1 amide bonds. The standard InChI is InChI=1S/C51H91NO5/c1-4-7-10-13-16-19-21-22-23-24-25-26-27-28-30-32-35-38-41-44-51(56)57-47(42-39-36-33-18-15-12-9-6-3)45-50(55)52-48(46-53)49(54)43-40-37-34-31-29-20-17-14-11-8-5-2/h12,15-16,19,22-23,25-26,28,30,47-49,53-54H,4-11,13-14,17-18,20-21,24,27,29,31-46H2,1-3H3,(H,52,55)/b15-12-,19-16-,23-22-,26-25-,30-28-. The van der Waals surface area contributed by atoms with Crippen molar-refractivity contribution >= 4 is 11.9 Å². The lowest BCUT2D eigenvalue weighted by atomic mass is 10.0. The molecular weight excluding hydrogens is 707 g/mol. The van der Waals surface area contributed by atoms with Gasteiger partial charge in [0.1, 0.15) is 6.10 Å². The summed E-state index contributed by atoms with van der Waals surface area (Å²) in [6.45, 7) is 6.35. The molecule has 0 saturated carbocycles. The largest absolute Gasteiger partial charge is 0.462 e. The third-order valence-corrected chi connectivity index (χ3v) is 10.6. The third-order valence-electron chi connectivity index (χ3n) is 10.6. The van der Waals surface area contributed by atoms with Crippen molar-refractivity contribution in [2.45, 2.75) is 244 Å². The van der Waals surface area contributed by atoms with E-state index in [4.69, 9.17) is 4.74 Å². The SMILES string of the molecule is CCC/C=C\CCCCCC(CC(=O)NC(CO)C(O)CCCCCCCCCCCCC)OC(=O)CCCCC/C=C\C/C=C\C/C=C\C/C=C\CCCCC. The Balaban J connectivity index is 4.51. The Kier molecular flexibility index (Phi) is 42.7. The number of nitrogens with one attached hydrogen (secondary N) is 1. The number of carbonyl (C=O) groups excluding carboxylic acids is 2. The predicted octanol–water partition coefficient (Wildman–Crippen LogP) is 14.1. The van der Waals surface area contributed by atoms with Crippen LogP contribution in [-0.4, -0.2) is 46.9 Å². The van der Waals surface area contributed by atoms with Gasteiger partial charge in [-0.05, 0) is 89.9 Å². The minimum absolute atomic E-state index is 0.0515. The van der Waals surface area contributed by atoms with Gasteiger partial charge in [-0.15, -0.1) is 0 Å². The van der Waals surface area contributed by atoms with E-state index < -0.39 is 18.2 Å². The lowest BCUT2D eigenvalue weighted by Crippen LogP contribution is -2.46. The van der Waals surface area contributed by atoms with Crippen molar-refractivity contribution in [3.8, 4) is 0 Å². The first-order chi connectivity index (χ1) is 28.0. The molecule has 0 rings (SSSR count). The van der Waals surface area contributed by atoms with E-state index in [1.165, 1.54) is 77.0 Å². The number of hydrogen-bond acceptors (Lipinski definition) is 5. The molecule has 0 spiro atoms. The van der Waals surface area contributed by atoms with Crippen molar-refractivity contribution in [1.82, 2.24) is 5.32 Å². The number of amides is 1. The molecule has 0 aliphatic heterocycles. The lowest BCUT2D eigenvalue weighted by Gasteiger charge is -2.24. The Morgan fingerprint density at radius 2 is 0.930 bits per heavy atom. The molecule has 0 aliphatic rings. The zero-order valence-electron chi connectivity index (χ0n) is 37.5. The molecule has 0 saturated heterocycles. The number of allylic oxidation sites excluding steroid dienone is 10. The first-order valence-corrected chi connectivity index (χ1v) is 24.0. The molecule has 0 fully saturated rings. The molecule has 3 N–H and O–H groups in total. The summed E-state index contributed by atoms with van der Waals surface area (Å²) in [5.74, 6) is -0.533. The quantitative estimate of drug-likeness (QED) is 0.0325. The number of aliphatic hydroxyl groups excluding tert-OH is 2. The molecule has 0 aliphatic carbocycles. The van der Waals surface area contributed by atoms with Crippen LogP contribution in [0.3, 0.4) is 0 Å². The van der Waals surface area contributed by atoms with Gasteiger partial charge in [-0.1, -0.05) is 184 Å². The van der Waals surface area contributed by atoms with Crippen LogP contribution in [0.2, 0.25) is 0 Å². The summed E-state index contributed by atoms with van der Waals surface area (Å²) in [5, 5.41) is 23.6. The van der Waals surface area contributed by atoms with Crippen LogP contribution in [0.1, 0.15) is 226 Å². The Morgan fingerprint density at radius 3 is 1.47 bits per heavy atom. The molecule has 330 valence electrons. The maximum Gasteiger partial charge on any atom is 0.306 e. The molecule has 0 bridgehead atoms. The monoisotopic (exact) mass is 798 g/mol. The normalized spacial score (nSPS) is 13.8. The molecule has 6 heteroatoms. The Bertz CT molecular complexity index is 1030. The summed E-state index contributed by atoms with van der Waals surface area (Å²) in [5.41, 5.74) is 0. The van der Waals surface area contributed by atoms with Crippen molar-refractivity contribution in [2.75, 3.05) is 6.61 Å². The van der Waals surface area contributed by atoms with Crippen molar-refractivity contribution in [3.05, 3.63) is 60.8 Å². The molecule has 0 heterocycles. The van der Waals surface area contributed by atoms with Gasteiger partial charge in [0.15, 0.2) is 0 Å². The van der Waals surface area contributed by atoms with Gasteiger partial charge < -0.3 is 20.3 Å². The van der Waals surface area contributed by atoms with Crippen LogP contribution >= 0.6 is 0 Å². The summed E-state index contributed by atoms with van der Waals surface area (Å²) in [4.78, 5) is 25.9. The van der Waals surface area contributed by atoms with Gasteiger partial charge in [0, 0.05) is 6.42 Å². The van der Waals surface area contributed by atoms with E-state index in [9.17, 15) is 19.8 Å². The predicted molar refractivity (Wildman–Crippen MR) is 245 cm³/mol. The van der Waals surface area contributed by atoms with Crippen molar-refractivity contribution in [1.29, 1.82) is 0 Å². The van der Waals surface area contributed by atoms with Crippen molar-refractivity contribution < 1.29 is 24.5 Å². The minimum Gasteiger partial charge on any atom is -0.462 e. The highest BCUT2D eigenvalue weighted by molar-refractivity contribution is 5.77. The second-order valence-corrected chi connectivity index (χ2v) is 16.2. The van der Waals surface area contributed by atoms with Crippen LogP contribution in [0.25, 0.3) is 0 Å². The van der Waals surface area contributed by atoms with Gasteiger partial charge in [-0.2, -0.15) is 0 Å². The first-order valence-electron chi connectivity index (χ1n) is 24.0. The molecule has 3 unspecified atom stereocenters. The minimum atomic E-state index is -0.796. The smallest absolute Gasteiger partial charge is 0.306 e. The highest BCUT2D eigenvalue weighted by Crippen LogP contribution is 2.17. The van der Waals surface area contributed by atoms with E-state index in [2.05, 4.69) is 86.8 Å².